The largest absolute Gasteiger partial charge is 0.488 e. The van der Waals surface area contributed by atoms with Crippen molar-refractivity contribution in [3.63, 3.8) is 0 Å². The second-order valence-corrected chi connectivity index (χ2v) is 7.28. The smallest absolute Gasteiger partial charge is 0.310 e. The van der Waals surface area contributed by atoms with Crippen molar-refractivity contribution < 1.29 is 19.1 Å². The summed E-state index contributed by atoms with van der Waals surface area (Å²) in [5, 5.41) is 9.33. The summed E-state index contributed by atoms with van der Waals surface area (Å²) in [7, 11) is 0. The molecule has 26 heavy (non-hydrogen) atoms. The van der Waals surface area contributed by atoms with E-state index in [1.165, 1.54) is 0 Å². The Morgan fingerprint density at radius 2 is 1.88 bits per heavy atom. The number of nitrogens with zero attached hydrogens (tertiary/aromatic N) is 1. The van der Waals surface area contributed by atoms with Crippen LogP contribution >= 0.6 is 0 Å². The second-order valence-electron chi connectivity index (χ2n) is 7.28. The van der Waals surface area contributed by atoms with E-state index in [-0.39, 0.29) is 5.60 Å². The lowest BCUT2D eigenvalue weighted by Gasteiger charge is -2.21. The summed E-state index contributed by atoms with van der Waals surface area (Å²) >= 11 is 0. The highest BCUT2D eigenvalue weighted by molar-refractivity contribution is 5.81. The zero-order valence-electron chi connectivity index (χ0n) is 15.4. The van der Waals surface area contributed by atoms with Crippen LogP contribution in [0, 0.1) is 0 Å². The molecule has 0 aliphatic heterocycles. The van der Waals surface area contributed by atoms with Gasteiger partial charge in [0.25, 0.3) is 0 Å². The first-order valence-corrected chi connectivity index (χ1v) is 8.69. The molecule has 136 valence electrons. The van der Waals surface area contributed by atoms with Gasteiger partial charge in [0.15, 0.2) is 5.58 Å². The topological polar surface area (TPSA) is 72.6 Å². The molecule has 1 aromatic heterocycles. The van der Waals surface area contributed by atoms with Crippen LogP contribution in [0.4, 0.5) is 0 Å². The van der Waals surface area contributed by atoms with Crippen LogP contribution in [-0.4, -0.2) is 21.7 Å². The number of oxazole rings is 1. The molecule has 2 aromatic carbocycles. The van der Waals surface area contributed by atoms with Crippen molar-refractivity contribution in [3.05, 3.63) is 48.0 Å². The third kappa shape index (κ3) is 3.87. The van der Waals surface area contributed by atoms with Gasteiger partial charge < -0.3 is 14.3 Å². The molecule has 5 heteroatoms. The molecule has 0 amide bonds. The number of aliphatic carboxylic acids is 1. The van der Waals surface area contributed by atoms with Gasteiger partial charge in [0.2, 0.25) is 5.89 Å². The van der Waals surface area contributed by atoms with Crippen molar-refractivity contribution in [3.8, 4) is 17.2 Å². The van der Waals surface area contributed by atoms with Gasteiger partial charge in [-0.25, -0.2) is 4.98 Å². The van der Waals surface area contributed by atoms with Gasteiger partial charge in [0, 0.05) is 5.56 Å². The summed E-state index contributed by atoms with van der Waals surface area (Å²) in [6.45, 7) is 7.86. The molecule has 0 saturated heterocycles. The van der Waals surface area contributed by atoms with Crippen LogP contribution in [0.1, 0.15) is 45.6 Å². The Balaban J connectivity index is 1.90. The number of hydrogen-bond donors (Lipinski definition) is 1. The Morgan fingerprint density at radius 3 is 2.46 bits per heavy atom. The number of fused-ring (bicyclic) bond motifs is 1. The lowest BCUT2D eigenvalue weighted by molar-refractivity contribution is -0.138. The molecule has 3 aromatic rings. The number of rotatable bonds is 5. The molecule has 1 atom stereocenters. The minimum Gasteiger partial charge on any atom is -0.488 e. The van der Waals surface area contributed by atoms with E-state index in [0.29, 0.717) is 23.4 Å². The zero-order chi connectivity index (χ0) is 18.9. The fraction of sp³-hybridized carbons (Fsp3) is 0.333. The highest BCUT2D eigenvalue weighted by Crippen LogP contribution is 2.29. The second kappa shape index (κ2) is 6.83. The van der Waals surface area contributed by atoms with Gasteiger partial charge >= 0.3 is 5.97 Å². The van der Waals surface area contributed by atoms with Crippen LogP contribution in [0.15, 0.2) is 46.9 Å². The van der Waals surface area contributed by atoms with Gasteiger partial charge in [-0.1, -0.05) is 13.0 Å². The van der Waals surface area contributed by atoms with Crippen LogP contribution in [0.2, 0.25) is 0 Å². The molecule has 0 bridgehead atoms. The fourth-order valence-electron chi connectivity index (χ4n) is 2.85. The first-order chi connectivity index (χ1) is 12.3. The van der Waals surface area contributed by atoms with Gasteiger partial charge in [0.05, 0.1) is 5.92 Å². The third-order valence-corrected chi connectivity index (χ3v) is 4.05. The molecule has 5 nitrogen and oxygen atoms in total. The van der Waals surface area contributed by atoms with Crippen molar-refractivity contribution in [2.75, 3.05) is 0 Å². The Morgan fingerprint density at radius 1 is 1.19 bits per heavy atom. The zero-order valence-corrected chi connectivity index (χ0v) is 15.4. The maximum absolute atomic E-state index is 11.4. The standard InChI is InChI=1S/C21H23NO4/c1-5-16(20(23)24)14-8-11-17-18(12-14)25-19(22-17)13-6-9-15(10-7-13)26-21(2,3)4/h6-12,16H,5H2,1-4H3,(H,23,24). The minimum absolute atomic E-state index is 0.254. The maximum Gasteiger partial charge on any atom is 0.310 e. The fourth-order valence-corrected chi connectivity index (χ4v) is 2.85. The SMILES string of the molecule is CCC(C(=O)O)c1ccc2nc(-c3ccc(OC(C)(C)C)cc3)oc2c1. The number of carboxylic acids is 1. The number of carbonyl (C=O) groups is 1. The van der Waals surface area contributed by atoms with E-state index < -0.39 is 11.9 Å². The van der Waals surface area contributed by atoms with Crippen molar-refractivity contribution in [2.24, 2.45) is 0 Å². The minimum atomic E-state index is -0.832. The number of carboxylic acid groups (broad SMARTS) is 1. The van der Waals surface area contributed by atoms with E-state index in [9.17, 15) is 9.90 Å². The molecule has 1 N–H and O–H groups in total. The van der Waals surface area contributed by atoms with E-state index >= 15 is 0 Å². The maximum atomic E-state index is 11.4. The molecular formula is C21H23NO4. The first-order valence-electron chi connectivity index (χ1n) is 8.69. The van der Waals surface area contributed by atoms with Crippen LogP contribution in [0.25, 0.3) is 22.6 Å². The Hall–Kier alpha value is -2.82. The van der Waals surface area contributed by atoms with Crippen molar-refractivity contribution >= 4 is 17.1 Å². The van der Waals surface area contributed by atoms with Crippen LogP contribution < -0.4 is 4.74 Å². The van der Waals surface area contributed by atoms with E-state index in [2.05, 4.69) is 4.98 Å². The average Bonchev–Trinajstić information content (AvgIpc) is 2.97. The molecule has 0 aliphatic carbocycles. The molecule has 1 heterocycles. The molecule has 3 rings (SSSR count). The monoisotopic (exact) mass is 353 g/mol. The molecule has 0 aliphatic rings. The van der Waals surface area contributed by atoms with Crippen molar-refractivity contribution in [1.29, 1.82) is 0 Å². The number of hydrogen-bond acceptors (Lipinski definition) is 4. The quantitative estimate of drug-likeness (QED) is 0.678. The summed E-state index contributed by atoms with van der Waals surface area (Å²) in [6.07, 6.45) is 0.525. The molecule has 0 fully saturated rings. The van der Waals surface area contributed by atoms with E-state index in [0.717, 1.165) is 16.9 Å². The van der Waals surface area contributed by atoms with Crippen LogP contribution in [0.3, 0.4) is 0 Å². The first kappa shape index (κ1) is 18.0. The van der Waals surface area contributed by atoms with Gasteiger partial charge in [-0.15, -0.1) is 0 Å². The Labute approximate surface area is 152 Å². The molecule has 0 radical (unpaired) electrons. The van der Waals surface area contributed by atoms with Crippen molar-refractivity contribution in [2.45, 2.75) is 45.6 Å². The lowest BCUT2D eigenvalue weighted by Crippen LogP contribution is -2.22. The molecule has 0 spiro atoms. The van der Waals surface area contributed by atoms with E-state index in [1.54, 1.807) is 18.2 Å². The van der Waals surface area contributed by atoms with Crippen LogP contribution in [-0.2, 0) is 4.79 Å². The van der Waals surface area contributed by atoms with Crippen molar-refractivity contribution in [1.82, 2.24) is 4.98 Å². The number of aromatic nitrogens is 1. The van der Waals surface area contributed by atoms with Gasteiger partial charge in [0.1, 0.15) is 16.9 Å². The summed E-state index contributed by atoms with van der Waals surface area (Å²) in [6, 6.07) is 13.0. The number of benzene rings is 2. The Bertz CT molecular complexity index is 919. The normalized spacial score (nSPS) is 12.9. The highest BCUT2D eigenvalue weighted by Gasteiger charge is 2.19. The van der Waals surface area contributed by atoms with E-state index in [1.807, 2.05) is 52.0 Å². The van der Waals surface area contributed by atoms with Gasteiger partial charge in [-0.2, -0.15) is 0 Å². The van der Waals surface area contributed by atoms with Crippen LogP contribution in [0.5, 0.6) is 5.75 Å². The van der Waals surface area contributed by atoms with E-state index in [4.69, 9.17) is 9.15 Å². The average molecular weight is 353 g/mol. The highest BCUT2D eigenvalue weighted by atomic mass is 16.5. The van der Waals surface area contributed by atoms with Gasteiger partial charge in [-0.05, 0) is 69.2 Å². The molecule has 1 unspecified atom stereocenters. The predicted octanol–water partition coefficient (Wildman–Crippen LogP) is 5.25. The predicted molar refractivity (Wildman–Crippen MR) is 100 cm³/mol. The summed E-state index contributed by atoms with van der Waals surface area (Å²) in [4.78, 5) is 15.9. The summed E-state index contributed by atoms with van der Waals surface area (Å²) in [5.74, 6) is -0.0856. The lowest BCUT2D eigenvalue weighted by atomic mass is 9.96. The third-order valence-electron chi connectivity index (χ3n) is 4.05. The summed E-state index contributed by atoms with van der Waals surface area (Å²) < 4.78 is 11.7. The Kier molecular flexibility index (Phi) is 4.72. The number of ether oxygens (including phenoxy) is 1. The molecular weight excluding hydrogens is 330 g/mol. The summed E-state index contributed by atoms with van der Waals surface area (Å²) in [5.41, 5.74) is 2.61. The van der Waals surface area contributed by atoms with Gasteiger partial charge in [-0.3, -0.25) is 4.79 Å². The molecule has 0 saturated carbocycles.